The normalized spacial score (nSPS) is 24.2. The van der Waals surface area contributed by atoms with Gasteiger partial charge in [0.1, 0.15) is 5.75 Å². The maximum Gasteiger partial charge on any atom is 0.115 e. The highest BCUT2D eigenvalue weighted by Crippen LogP contribution is 2.36. The molecule has 1 fully saturated rings. The molecule has 0 aromatic heterocycles. The van der Waals surface area contributed by atoms with E-state index >= 15 is 0 Å². The Kier molecular flexibility index (Phi) is 3.46. The molecule has 2 heteroatoms. The van der Waals surface area contributed by atoms with E-state index < -0.39 is 0 Å². The van der Waals surface area contributed by atoms with Crippen LogP contribution in [0.15, 0.2) is 24.3 Å². The number of phenols is 1. The standard InChI is InChI=1S/C14H17NO/c15-9-8-12-2-1-3-13(12)10-11-4-6-14(16)7-5-11/h4-7,12-13,16H,1-3,8,10H2/t12-,13-/m0/s1. The molecule has 2 nitrogen and oxygen atoms in total. The van der Waals surface area contributed by atoms with E-state index in [1.54, 1.807) is 12.1 Å². The summed E-state index contributed by atoms with van der Waals surface area (Å²) in [6.45, 7) is 0. The fraction of sp³-hybridized carbons (Fsp3) is 0.500. The van der Waals surface area contributed by atoms with Crippen molar-refractivity contribution in [3.8, 4) is 11.8 Å². The molecule has 0 bridgehead atoms. The van der Waals surface area contributed by atoms with Gasteiger partial charge in [0.05, 0.1) is 6.07 Å². The molecule has 0 aliphatic heterocycles. The molecular weight excluding hydrogens is 198 g/mol. The van der Waals surface area contributed by atoms with Crippen LogP contribution in [0.25, 0.3) is 0 Å². The van der Waals surface area contributed by atoms with Crippen LogP contribution in [0.1, 0.15) is 31.2 Å². The zero-order valence-electron chi connectivity index (χ0n) is 9.39. The number of aromatic hydroxyl groups is 1. The molecule has 0 amide bonds. The quantitative estimate of drug-likeness (QED) is 0.841. The van der Waals surface area contributed by atoms with Gasteiger partial charge in [-0.25, -0.2) is 0 Å². The molecule has 0 saturated heterocycles. The van der Waals surface area contributed by atoms with Crippen molar-refractivity contribution in [3.05, 3.63) is 29.8 Å². The smallest absolute Gasteiger partial charge is 0.115 e. The van der Waals surface area contributed by atoms with Crippen molar-refractivity contribution >= 4 is 0 Å². The zero-order valence-corrected chi connectivity index (χ0v) is 9.39. The van der Waals surface area contributed by atoms with E-state index in [4.69, 9.17) is 5.26 Å². The van der Waals surface area contributed by atoms with Crippen molar-refractivity contribution in [3.63, 3.8) is 0 Å². The van der Waals surface area contributed by atoms with Gasteiger partial charge in [0, 0.05) is 6.42 Å². The van der Waals surface area contributed by atoms with Crippen LogP contribution in [0.5, 0.6) is 5.75 Å². The lowest BCUT2D eigenvalue weighted by Crippen LogP contribution is -2.10. The predicted octanol–water partition coefficient (Wildman–Crippen LogP) is 3.26. The Balaban J connectivity index is 1.98. The molecule has 1 saturated carbocycles. The molecule has 0 spiro atoms. The number of hydrogen-bond donors (Lipinski definition) is 1. The highest BCUT2D eigenvalue weighted by atomic mass is 16.3. The van der Waals surface area contributed by atoms with Crippen molar-refractivity contribution in [1.82, 2.24) is 0 Å². The van der Waals surface area contributed by atoms with E-state index in [0.29, 0.717) is 24.0 Å². The second-order valence-electron chi connectivity index (χ2n) is 4.68. The van der Waals surface area contributed by atoms with E-state index in [0.717, 1.165) is 6.42 Å². The van der Waals surface area contributed by atoms with Gasteiger partial charge in [0.25, 0.3) is 0 Å². The fourth-order valence-corrected chi connectivity index (χ4v) is 2.70. The molecule has 84 valence electrons. The molecule has 1 aromatic carbocycles. The first-order chi connectivity index (χ1) is 7.79. The number of nitriles is 1. The minimum atomic E-state index is 0.323. The Labute approximate surface area is 96.5 Å². The number of nitrogens with zero attached hydrogens (tertiary/aromatic N) is 1. The topological polar surface area (TPSA) is 44.0 Å². The van der Waals surface area contributed by atoms with Gasteiger partial charge >= 0.3 is 0 Å². The molecule has 1 aliphatic rings. The van der Waals surface area contributed by atoms with Gasteiger partial charge in [-0.3, -0.25) is 0 Å². The summed E-state index contributed by atoms with van der Waals surface area (Å²) < 4.78 is 0. The van der Waals surface area contributed by atoms with Crippen LogP contribution in [0.3, 0.4) is 0 Å². The van der Waals surface area contributed by atoms with Crippen molar-refractivity contribution in [2.75, 3.05) is 0 Å². The highest BCUT2D eigenvalue weighted by molar-refractivity contribution is 5.26. The number of phenolic OH excluding ortho intramolecular Hbond substituents is 1. The minimum Gasteiger partial charge on any atom is -0.508 e. The Bertz CT molecular complexity index is 377. The van der Waals surface area contributed by atoms with Gasteiger partial charge in [0.2, 0.25) is 0 Å². The molecule has 0 unspecified atom stereocenters. The zero-order chi connectivity index (χ0) is 11.4. The van der Waals surface area contributed by atoms with Crippen LogP contribution < -0.4 is 0 Å². The van der Waals surface area contributed by atoms with Crippen LogP contribution >= 0.6 is 0 Å². The molecule has 2 atom stereocenters. The molecule has 1 N–H and O–H groups in total. The van der Waals surface area contributed by atoms with Crippen molar-refractivity contribution < 1.29 is 5.11 Å². The van der Waals surface area contributed by atoms with Crippen LogP contribution in [-0.2, 0) is 6.42 Å². The lowest BCUT2D eigenvalue weighted by molar-refractivity contribution is 0.392. The second kappa shape index (κ2) is 5.03. The Hall–Kier alpha value is -1.49. The summed E-state index contributed by atoms with van der Waals surface area (Å²) in [5, 5.41) is 18.0. The highest BCUT2D eigenvalue weighted by Gasteiger charge is 2.26. The number of rotatable bonds is 3. The fourth-order valence-electron chi connectivity index (χ4n) is 2.70. The summed E-state index contributed by atoms with van der Waals surface area (Å²) in [6, 6.07) is 9.74. The van der Waals surface area contributed by atoms with E-state index in [9.17, 15) is 5.11 Å². The Morgan fingerprint density at radius 2 is 1.88 bits per heavy atom. The van der Waals surface area contributed by atoms with Gasteiger partial charge in [-0.05, 0) is 48.8 Å². The van der Waals surface area contributed by atoms with Gasteiger partial charge in [-0.15, -0.1) is 0 Å². The third kappa shape index (κ3) is 2.55. The van der Waals surface area contributed by atoms with Gasteiger partial charge < -0.3 is 5.11 Å². The maximum absolute atomic E-state index is 9.21. The van der Waals surface area contributed by atoms with Crippen molar-refractivity contribution in [2.24, 2.45) is 11.8 Å². The van der Waals surface area contributed by atoms with Crippen LogP contribution in [0, 0.1) is 23.2 Å². The summed E-state index contributed by atoms with van der Waals surface area (Å²) in [7, 11) is 0. The summed E-state index contributed by atoms with van der Waals surface area (Å²) >= 11 is 0. The van der Waals surface area contributed by atoms with E-state index in [1.807, 2.05) is 12.1 Å². The minimum absolute atomic E-state index is 0.323. The molecule has 2 rings (SSSR count). The van der Waals surface area contributed by atoms with E-state index in [2.05, 4.69) is 6.07 Å². The second-order valence-corrected chi connectivity index (χ2v) is 4.68. The number of benzene rings is 1. The lowest BCUT2D eigenvalue weighted by atomic mass is 9.88. The number of hydrogen-bond acceptors (Lipinski definition) is 2. The molecule has 1 aliphatic carbocycles. The van der Waals surface area contributed by atoms with Gasteiger partial charge in [0.15, 0.2) is 0 Å². The summed E-state index contributed by atoms with van der Waals surface area (Å²) in [5.41, 5.74) is 1.27. The average Bonchev–Trinajstić information content (AvgIpc) is 2.70. The first kappa shape index (κ1) is 11.0. The molecule has 1 aromatic rings. The predicted molar refractivity (Wildman–Crippen MR) is 62.9 cm³/mol. The Morgan fingerprint density at radius 3 is 2.56 bits per heavy atom. The first-order valence-electron chi connectivity index (χ1n) is 5.94. The van der Waals surface area contributed by atoms with Crippen molar-refractivity contribution in [2.45, 2.75) is 32.1 Å². The van der Waals surface area contributed by atoms with Crippen LogP contribution in [0.4, 0.5) is 0 Å². The lowest BCUT2D eigenvalue weighted by Gasteiger charge is -2.16. The maximum atomic E-state index is 9.21. The summed E-state index contributed by atoms with van der Waals surface area (Å²) in [5.74, 6) is 1.56. The van der Waals surface area contributed by atoms with Gasteiger partial charge in [-0.1, -0.05) is 18.6 Å². The van der Waals surface area contributed by atoms with Crippen LogP contribution in [0.2, 0.25) is 0 Å². The third-order valence-electron chi connectivity index (χ3n) is 3.60. The van der Waals surface area contributed by atoms with Crippen molar-refractivity contribution in [1.29, 1.82) is 5.26 Å². The van der Waals surface area contributed by atoms with E-state index in [-0.39, 0.29) is 0 Å². The molecular formula is C14H17NO. The third-order valence-corrected chi connectivity index (χ3v) is 3.60. The van der Waals surface area contributed by atoms with E-state index in [1.165, 1.54) is 24.8 Å². The average molecular weight is 215 g/mol. The van der Waals surface area contributed by atoms with Crippen LogP contribution in [-0.4, -0.2) is 5.11 Å². The molecule has 0 radical (unpaired) electrons. The Morgan fingerprint density at radius 1 is 1.19 bits per heavy atom. The molecule has 0 heterocycles. The summed E-state index contributed by atoms with van der Waals surface area (Å²) in [4.78, 5) is 0. The molecule has 16 heavy (non-hydrogen) atoms. The largest absolute Gasteiger partial charge is 0.508 e. The SMILES string of the molecule is N#CC[C@@H]1CCC[C@H]1Cc1ccc(O)cc1. The first-order valence-corrected chi connectivity index (χ1v) is 5.94. The van der Waals surface area contributed by atoms with Gasteiger partial charge in [-0.2, -0.15) is 5.26 Å². The summed E-state index contributed by atoms with van der Waals surface area (Å²) in [6.07, 6.45) is 5.45. The monoisotopic (exact) mass is 215 g/mol.